The van der Waals surface area contributed by atoms with E-state index in [0.29, 0.717) is 11.5 Å². The van der Waals surface area contributed by atoms with Gasteiger partial charge in [-0.05, 0) is 19.1 Å². The molecule has 0 unspecified atom stereocenters. The van der Waals surface area contributed by atoms with Crippen molar-refractivity contribution in [3.05, 3.63) is 35.8 Å². The molecule has 2 aromatic heterocycles. The fourth-order valence-corrected chi connectivity index (χ4v) is 1.23. The van der Waals surface area contributed by atoms with E-state index in [0.717, 1.165) is 5.69 Å². The van der Waals surface area contributed by atoms with Crippen molar-refractivity contribution < 1.29 is 9.90 Å². The number of carbonyl (C=O) groups is 1. The van der Waals surface area contributed by atoms with Gasteiger partial charge >= 0.3 is 5.97 Å². The molecule has 0 saturated carbocycles. The molecule has 2 N–H and O–H groups in total. The van der Waals surface area contributed by atoms with Crippen molar-refractivity contribution in [2.24, 2.45) is 0 Å². The highest BCUT2D eigenvalue weighted by Gasteiger charge is 2.09. The third-order valence-electron chi connectivity index (χ3n) is 1.94. The van der Waals surface area contributed by atoms with Gasteiger partial charge in [-0.25, -0.2) is 14.8 Å². The first-order valence-corrected chi connectivity index (χ1v) is 4.39. The van der Waals surface area contributed by atoms with E-state index in [1.807, 2.05) is 19.1 Å². The summed E-state index contributed by atoms with van der Waals surface area (Å²) in [4.78, 5) is 21.5. The molecule has 2 aromatic rings. The molecule has 0 fully saturated rings. The van der Waals surface area contributed by atoms with Gasteiger partial charge in [0.1, 0.15) is 11.4 Å². The average Bonchev–Trinajstić information content (AvgIpc) is 2.66. The van der Waals surface area contributed by atoms with Crippen LogP contribution in [0.4, 0.5) is 0 Å². The van der Waals surface area contributed by atoms with E-state index in [1.165, 1.54) is 6.20 Å². The van der Waals surface area contributed by atoms with E-state index in [2.05, 4.69) is 15.0 Å². The highest BCUT2D eigenvalue weighted by Crippen LogP contribution is 2.12. The van der Waals surface area contributed by atoms with E-state index in [-0.39, 0.29) is 5.69 Å². The standard InChI is InChI=1S/C10H9N3O2/c1-6-3-2-4-7(12-6)9-11-5-8(13-9)10(14)15/h2-5H,1H3,(H,11,13)(H,14,15). The third-order valence-corrected chi connectivity index (χ3v) is 1.94. The Morgan fingerprint density at radius 1 is 1.47 bits per heavy atom. The predicted octanol–water partition coefficient (Wildman–Crippen LogP) is 1.48. The summed E-state index contributed by atoms with van der Waals surface area (Å²) in [6.45, 7) is 1.87. The summed E-state index contributed by atoms with van der Waals surface area (Å²) in [7, 11) is 0. The molecule has 76 valence electrons. The van der Waals surface area contributed by atoms with Crippen molar-refractivity contribution in [3.8, 4) is 11.5 Å². The Morgan fingerprint density at radius 2 is 2.27 bits per heavy atom. The second kappa shape index (κ2) is 3.53. The number of aromatic nitrogens is 3. The molecule has 0 bridgehead atoms. The molecular weight excluding hydrogens is 194 g/mol. The molecule has 2 heterocycles. The van der Waals surface area contributed by atoms with Crippen LogP contribution in [0.15, 0.2) is 24.4 Å². The zero-order chi connectivity index (χ0) is 10.8. The molecule has 0 atom stereocenters. The minimum Gasteiger partial charge on any atom is -0.477 e. The summed E-state index contributed by atoms with van der Waals surface area (Å²) in [6.07, 6.45) is 1.28. The van der Waals surface area contributed by atoms with Gasteiger partial charge in [-0.15, -0.1) is 0 Å². The largest absolute Gasteiger partial charge is 0.477 e. The van der Waals surface area contributed by atoms with Gasteiger partial charge in [-0.3, -0.25) is 0 Å². The van der Waals surface area contributed by atoms with Gasteiger partial charge in [-0.1, -0.05) is 6.07 Å². The van der Waals surface area contributed by atoms with Crippen molar-refractivity contribution in [2.45, 2.75) is 6.92 Å². The quantitative estimate of drug-likeness (QED) is 0.774. The van der Waals surface area contributed by atoms with E-state index < -0.39 is 5.97 Å². The number of pyridine rings is 1. The molecule has 0 aliphatic rings. The van der Waals surface area contributed by atoms with Gasteiger partial charge in [-0.2, -0.15) is 0 Å². The molecule has 5 heteroatoms. The number of carboxylic acid groups (broad SMARTS) is 1. The number of aryl methyl sites for hydroxylation is 1. The average molecular weight is 203 g/mol. The van der Waals surface area contributed by atoms with Crippen LogP contribution >= 0.6 is 0 Å². The van der Waals surface area contributed by atoms with Crippen LogP contribution in [0.3, 0.4) is 0 Å². The van der Waals surface area contributed by atoms with Crippen LogP contribution in [-0.4, -0.2) is 26.0 Å². The van der Waals surface area contributed by atoms with Crippen molar-refractivity contribution in [2.75, 3.05) is 0 Å². The number of hydrogen-bond donors (Lipinski definition) is 2. The SMILES string of the molecule is Cc1cccc(-c2ncc(C(=O)O)[nH]2)n1. The normalized spacial score (nSPS) is 10.2. The molecule has 5 nitrogen and oxygen atoms in total. The van der Waals surface area contributed by atoms with Crippen LogP contribution < -0.4 is 0 Å². The van der Waals surface area contributed by atoms with E-state index >= 15 is 0 Å². The second-order valence-electron chi connectivity index (χ2n) is 3.11. The maximum Gasteiger partial charge on any atom is 0.353 e. The number of H-pyrrole nitrogens is 1. The summed E-state index contributed by atoms with van der Waals surface area (Å²) < 4.78 is 0. The van der Waals surface area contributed by atoms with Gasteiger partial charge in [0.05, 0.1) is 6.20 Å². The first kappa shape index (κ1) is 9.39. The Labute approximate surface area is 85.8 Å². The van der Waals surface area contributed by atoms with E-state index in [4.69, 9.17) is 5.11 Å². The highest BCUT2D eigenvalue weighted by molar-refractivity contribution is 5.85. The summed E-state index contributed by atoms with van der Waals surface area (Å²) in [5.41, 5.74) is 1.57. The Morgan fingerprint density at radius 3 is 2.87 bits per heavy atom. The van der Waals surface area contributed by atoms with Gasteiger partial charge in [0.15, 0.2) is 5.82 Å². The molecule has 0 radical (unpaired) electrons. The van der Waals surface area contributed by atoms with Gasteiger partial charge < -0.3 is 10.1 Å². The van der Waals surface area contributed by atoms with Crippen LogP contribution in [0.5, 0.6) is 0 Å². The maximum atomic E-state index is 10.6. The number of hydrogen-bond acceptors (Lipinski definition) is 3. The Bertz CT molecular complexity index is 505. The summed E-state index contributed by atoms with van der Waals surface area (Å²) in [6, 6.07) is 5.49. The Hall–Kier alpha value is -2.17. The number of aromatic carboxylic acids is 1. The molecule has 0 aliphatic carbocycles. The molecule has 15 heavy (non-hydrogen) atoms. The zero-order valence-electron chi connectivity index (χ0n) is 8.06. The fraction of sp³-hybridized carbons (Fsp3) is 0.100. The number of aromatic amines is 1. The summed E-state index contributed by atoms with van der Waals surface area (Å²) in [5.74, 6) is -0.558. The van der Waals surface area contributed by atoms with Gasteiger partial charge in [0.2, 0.25) is 0 Å². The highest BCUT2D eigenvalue weighted by atomic mass is 16.4. The van der Waals surface area contributed by atoms with Gasteiger partial charge in [0, 0.05) is 5.69 Å². The lowest BCUT2D eigenvalue weighted by Gasteiger charge is -1.96. The molecule has 2 rings (SSSR count). The molecule has 0 aromatic carbocycles. The number of carboxylic acids is 1. The molecule has 0 spiro atoms. The lowest BCUT2D eigenvalue weighted by molar-refractivity contribution is 0.0691. The van der Waals surface area contributed by atoms with Crippen LogP contribution in [0.25, 0.3) is 11.5 Å². The number of nitrogens with zero attached hydrogens (tertiary/aromatic N) is 2. The third kappa shape index (κ3) is 1.85. The zero-order valence-corrected chi connectivity index (χ0v) is 8.06. The van der Waals surface area contributed by atoms with Crippen molar-refractivity contribution in [1.82, 2.24) is 15.0 Å². The monoisotopic (exact) mass is 203 g/mol. The fourth-order valence-electron chi connectivity index (χ4n) is 1.23. The minimum absolute atomic E-state index is 0.0632. The van der Waals surface area contributed by atoms with E-state index in [1.54, 1.807) is 6.07 Å². The molecule has 0 amide bonds. The minimum atomic E-state index is -1.03. The lowest BCUT2D eigenvalue weighted by Crippen LogP contribution is -1.96. The summed E-state index contributed by atoms with van der Waals surface area (Å²) >= 11 is 0. The van der Waals surface area contributed by atoms with Gasteiger partial charge in [0.25, 0.3) is 0 Å². The molecule has 0 aliphatic heterocycles. The van der Waals surface area contributed by atoms with E-state index in [9.17, 15) is 4.79 Å². The Balaban J connectivity index is 2.41. The van der Waals surface area contributed by atoms with Crippen molar-refractivity contribution >= 4 is 5.97 Å². The molecular formula is C10H9N3O2. The second-order valence-corrected chi connectivity index (χ2v) is 3.11. The topological polar surface area (TPSA) is 78.9 Å². The summed E-state index contributed by atoms with van der Waals surface area (Å²) in [5, 5.41) is 8.71. The maximum absolute atomic E-state index is 10.6. The smallest absolute Gasteiger partial charge is 0.353 e. The van der Waals surface area contributed by atoms with Crippen molar-refractivity contribution in [1.29, 1.82) is 0 Å². The Kier molecular flexibility index (Phi) is 2.21. The number of imidazole rings is 1. The first-order chi connectivity index (χ1) is 7.16. The number of rotatable bonds is 2. The predicted molar refractivity (Wildman–Crippen MR) is 53.5 cm³/mol. The molecule has 0 saturated heterocycles. The first-order valence-electron chi connectivity index (χ1n) is 4.39. The van der Waals surface area contributed by atoms with Crippen LogP contribution in [0, 0.1) is 6.92 Å². The lowest BCUT2D eigenvalue weighted by atomic mass is 10.3. The van der Waals surface area contributed by atoms with Crippen LogP contribution in [0.1, 0.15) is 16.2 Å². The van der Waals surface area contributed by atoms with Crippen LogP contribution in [0.2, 0.25) is 0 Å². The van der Waals surface area contributed by atoms with Crippen LogP contribution in [-0.2, 0) is 0 Å². The number of nitrogens with one attached hydrogen (secondary N) is 1. The van der Waals surface area contributed by atoms with Crippen molar-refractivity contribution in [3.63, 3.8) is 0 Å².